The molecular weight excluding hydrogens is 328 g/mol. The van der Waals surface area contributed by atoms with Crippen molar-refractivity contribution in [1.82, 2.24) is 10.6 Å². The first-order chi connectivity index (χ1) is 8.63. The SMILES string of the molecule is CNCC(C)C(=O)NC1CCc2c(Br)cccc21.Cl. The summed E-state index contributed by atoms with van der Waals surface area (Å²) < 4.78 is 1.15. The van der Waals surface area contributed by atoms with E-state index >= 15 is 0 Å². The Kier molecular flexibility index (Phi) is 6.30. The fraction of sp³-hybridized carbons (Fsp3) is 0.500. The first-order valence-electron chi connectivity index (χ1n) is 6.35. The molecule has 2 atom stereocenters. The maximum Gasteiger partial charge on any atom is 0.224 e. The third kappa shape index (κ3) is 3.71. The summed E-state index contributed by atoms with van der Waals surface area (Å²) in [5.74, 6) is 0.133. The second-order valence-electron chi connectivity index (χ2n) is 4.87. The summed E-state index contributed by atoms with van der Waals surface area (Å²) >= 11 is 3.57. The Balaban J connectivity index is 0.00000180. The van der Waals surface area contributed by atoms with E-state index in [0.29, 0.717) is 6.54 Å². The van der Waals surface area contributed by atoms with Crippen molar-refractivity contribution in [1.29, 1.82) is 0 Å². The van der Waals surface area contributed by atoms with Crippen molar-refractivity contribution in [3.05, 3.63) is 33.8 Å². The monoisotopic (exact) mass is 346 g/mol. The molecule has 0 bridgehead atoms. The summed E-state index contributed by atoms with van der Waals surface area (Å²) in [6.45, 7) is 2.66. The van der Waals surface area contributed by atoms with Gasteiger partial charge in [0, 0.05) is 16.9 Å². The number of hydrogen-bond donors (Lipinski definition) is 2. The Morgan fingerprint density at radius 1 is 1.53 bits per heavy atom. The van der Waals surface area contributed by atoms with Crippen LogP contribution in [0.4, 0.5) is 0 Å². The van der Waals surface area contributed by atoms with Gasteiger partial charge in [0.2, 0.25) is 5.91 Å². The lowest BCUT2D eigenvalue weighted by Crippen LogP contribution is -2.36. The van der Waals surface area contributed by atoms with Crippen LogP contribution in [0.3, 0.4) is 0 Å². The fourth-order valence-electron chi connectivity index (χ4n) is 2.47. The summed E-state index contributed by atoms with van der Waals surface area (Å²) in [6.07, 6.45) is 2.03. The van der Waals surface area contributed by atoms with Crippen molar-refractivity contribution in [2.24, 2.45) is 5.92 Å². The van der Waals surface area contributed by atoms with Gasteiger partial charge in [-0.25, -0.2) is 0 Å². The van der Waals surface area contributed by atoms with Crippen LogP contribution in [0.1, 0.15) is 30.5 Å². The standard InChI is InChI=1S/C14H19BrN2O.ClH/c1-9(8-16-2)14(18)17-13-7-6-10-11(13)4-3-5-12(10)15;/h3-5,9,13,16H,6-8H2,1-2H3,(H,17,18);1H. The van der Waals surface area contributed by atoms with Crippen LogP contribution in [0.15, 0.2) is 22.7 Å². The van der Waals surface area contributed by atoms with Gasteiger partial charge in [-0.3, -0.25) is 4.79 Å². The van der Waals surface area contributed by atoms with Crippen LogP contribution in [0.2, 0.25) is 0 Å². The van der Waals surface area contributed by atoms with Crippen LogP contribution in [0.25, 0.3) is 0 Å². The maximum absolute atomic E-state index is 12.0. The summed E-state index contributed by atoms with van der Waals surface area (Å²) in [7, 11) is 1.87. The maximum atomic E-state index is 12.0. The fourth-order valence-corrected chi connectivity index (χ4v) is 3.05. The molecule has 0 aliphatic heterocycles. The first kappa shape index (κ1) is 16.5. The Bertz CT molecular complexity index is 453. The molecule has 1 aliphatic carbocycles. The van der Waals surface area contributed by atoms with Crippen LogP contribution in [0.5, 0.6) is 0 Å². The predicted molar refractivity (Wildman–Crippen MR) is 83.7 cm³/mol. The molecule has 1 amide bonds. The predicted octanol–water partition coefficient (Wildman–Crippen LogP) is 2.83. The molecular formula is C14H20BrClN2O. The average molecular weight is 348 g/mol. The zero-order chi connectivity index (χ0) is 13.1. The van der Waals surface area contributed by atoms with E-state index in [-0.39, 0.29) is 30.3 Å². The Hall–Kier alpha value is -0.580. The average Bonchev–Trinajstić information content (AvgIpc) is 2.74. The van der Waals surface area contributed by atoms with Gasteiger partial charge >= 0.3 is 0 Å². The van der Waals surface area contributed by atoms with Crippen molar-refractivity contribution in [3.63, 3.8) is 0 Å². The first-order valence-corrected chi connectivity index (χ1v) is 7.15. The molecule has 2 rings (SSSR count). The second kappa shape index (κ2) is 7.27. The van der Waals surface area contributed by atoms with Crippen molar-refractivity contribution in [2.45, 2.75) is 25.8 Å². The van der Waals surface area contributed by atoms with Gasteiger partial charge in [0.05, 0.1) is 6.04 Å². The number of rotatable bonds is 4. The lowest BCUT2D eigenvalue weighted by molar-refractivity contribution is -0.125. The molecule has 19 heavy (non-hydrogen) atoms. The smallest absolute Gasteiger partial charge is 0.224 e. The highest BCUT2D eigenvalue weighted by atomic mass is 79.9. The number of fused-ring (bicyclic) bond motifs is 1. The lowest BCUT2D eigenvalue weighted by atomic mass is 10.1. The number of halogens is 2. The third-order valence-electron chi connectivity index (χ3n) is 3.49. The van der Waals surface area contributed by atoms with Gasteiger partial charge in [-0.15, -0.1) is 12.4 Å². The van der Waals surface area contributed by atoms with Crippen LogP contribution in [-0.2, 0) is 11.2 Å². The number of carbonyl (C=O) groups excluding carboxylic acids is 1. The molecule has 5 heteroatoms. The third-order valence-corrected chi connectivity index (χ3v) is 4.23. The highest BCUT2D eigenvalue weighted by molar-refractivity contribution is 9.10. The van der Waals surface area contributed by atoms with E-state index < -0.39 is 0 Å². The van der Waals surface area contributed by atoms with Crippen LogP contribution < -0.4 is 10.6 Å². The van der Waals surface area contributed by atoms with E-state index in [1.807, 2.05) is 20.0 Å². The van der Waals surface area contributed by atoms with E-state index in [1.54, 1.807) is 0 Å². The number of hydrogen-bond acceptors (Lipinski definition) is 2. The number of benzene rings is 1. The highest BCUT2D eigenvalue weighted by Gasteiger charge is 2.26. The summed E-state index contributed by atoms with van der Waals surface area (Å²) in [5.41, 5.74) is 2.60. The molecule has 0 radical (unpaired) electrons. The minimum absolute atomic E-state index is 0. The van der Waals surface area contributed by atoms with Gasteiger partial charge in [-0.05, 0) is 37.1 Å². The van der Waals surface area contributed by atoms with E-state index in [1.165, 1.54) is 11.1 Å². The molecule has 0 saturated carbocycles. The number of nitrogens with one attached hydrogen (secondary N) is 2. The molecule has 0 saturated heterocycles. The highest BCUT2D eigenvalue weighted by Crippen LogP contribution is 2.35. The molecule has 0 aromatic heterocycles. The van der Waals surface area contributed by atoms with Crippen LogP contribution >= 0.6 is 28.3 Å². The Morgan fingerprint density at radius 3 is 2.95 bits per heavy atom. The topological polar surface area (TPSA) is 41.1 Å². The van der Waals surface area contributed by atoms with E-state index in [2.05, 4.69) is 38.7 Å². The Morgan fingerprint density at radius 2 is 2.26 bits per heavy atom. The molecule has 3 nitrogen and oxygen atoms in total. The van der Waals surface area contributed by atoms with Gasteiger partial charge in [0.15, 0.2) is 0 Å². The van der Waals surface area contributed by atoms with E-state index in [0.717, 1.165) is 17.3 Å². The quantitative estimate of drug-likeness (QED) is 0.879. The summed E-state index contributed by atoms with van der Waals surface area (Å²) in [4.78, 5) is 12.0. The lowest BCUT2D eigenvalue weighted by Gasteiger charge is -2.17. The molecule has 2 N–H and O–H groups in total. The normalized spacial score (nSPS) is 18.4. The van der Waals surface area contributed by atoms with Crippen molar-refractivity contribution in [3.8, 4) is 0 Å². The van der Waals surface area contributed by atoms with E-state index in [4.69, 9.17) is 0 Å². The zero-order valence-electron chi connectivity index (χ0n) is 11.2. The molecule has 0 spiro atoms. The number of carbonyl (C=O) groups is 1. The molecule has 1 aromatic carbocycles. The molecule has 1 aliphatic rings. The summed E-state index contributed by atoms with van der Waals surface area (Å²) in [5, 5.41) is 6.18. The van der Waals surface area contributed by atoms with Crippen molar-refractivity contribution in [2.75, 3.05) is 13.6 Å². The summed E-state index contributed by atoms with van der Waals surface area (Å²) in [6, 6.07) is 6.38. The van der Waals surface area contributed by atoms with Gasteiger partial charge < -0.3 is 10.6 Å². The van der Waals surface area contributed by atoms with Gasteiger partial charge in [0.1, 0.15) is 0 Å². The minimum atomic E-state index is 0. The van der Waals surface area contributed by atoms with Crippen molar-refractivity contribution >= 4 is 34.2 Å². The zero-order valence-corrected chi connectivity index (χ0v) is 13.6. The second-order valence-corrected chi connectivity index (χ2v) is 5.72. The van der Waals surface area contributed by atoms with Crippen LogP contribution in [-0.4, -0.2) is 19.5 Å². The van der Waals surface area contributed by atoms with Gasteiger partial charge in [-0.2, -0.15) is 0 Å². The van der Waals surface area contributed by atoms with Gasteiger partial charge in [-0.1, -0.05) is 35.0 Å². The Labute approximate surface area is 129 Å². The number of amides is 1. The molecule has 0 fully saturated rings. The van der Waals surface area contributed by atoms with Crippen molar-refractivity contribution < 1.29 is 4.79 Å². The molecule has 106 valence electrons. The molecule has 2 unspecified atom stereocenters. The largest absolute Gasteiger partial charge is 0.349 e. The minimum Gasteiger partial charge on any atom is -0.349 e. The molecule has 0 heterocycles. The van der Waals surface area contributed by atoms with E-state index in [9.17, 15) is 4.79 Å². The molecule has 1 aromatic rings. The van der Waals surface area contributed by atoms with Crippen LogP contribution in [0, 0.1) is 5.92 Å². The van der Waals surface area contributed by atoms with Gasteiger partial charge in [0.25, 0.3) is 0 Å².